The van der Waals surface area contributed by atoms with Gasteiger partial charge in [-0.15, -0.1) is 0 Å². The Kier molecular flexibility index (Phi) is 3.97. The van der Waals surface area contributed by atoms with Crippen molar-refractivity contribution in [2.24, 2.45) is 0 Å². The van der Waals surface area contributed by atoms with E-state index in [1.165, 1.54) is 32.1 Å². The Hall–Kier alpha value is 0.270. The van der Waals surface area contributed by atoms with Crippen molar-refractivity contribution in [3.8, 4) is 0 Å². The zero-order valence-electron chi connectivity index (χ0n) is 9.67. The molecule has 15 heavy (non-hydrogen) atoms. The summed E-state index contributed by atoms with van der Waals surface area (Å²) in [6.07, 6.45) is 10.8. The summed E-state index contributed by atoms with van der Waals surface area (Å²) in [6, 6.07) is 0.364. The van der Waals surface area contributed by atoms with Crippen molar-refractivity contribution in [3.63, 3.8) is 0 Å². The smallest absolute Gasteiger partial charge is 0.0693 e. The molecular weight excluding hydrogens is 206 g/mol. The lowest BCUT2D eigenvalue weighted by molar-refractivity contribution is 0.0878. The fraction of sp³-hybridized carbons (Fsp3) is 1.00. The molecule has 0 heterocycles. The van der Waals surface area contributed by atoms with Crippen LogP contribution in [0.2, 0.25) is 0 Å². The first-order chi connectivity index (χ1) is 7.26. The molecule has 88 valence electrons. The molecule has 0 radical (unpaired) electrons. The second-order valence-corrected chi connectivity index (χ2v) is 6.35. The molecule has 2 atom stereocenters. The second-order valence-electron chi connectivity index (χ2n) is 5.08. The lowest BCUT2D eigenvalue weighted by Crippen LogP contribution is -2.50. The van der Waals surface area contributed by atoms with Crippen LogP contribution in [-0.4, -0.2) is 34.8 Å². The van der Waals surface area contributed by atoms with Gasteiger partial charge in [-0.1, -0.05) is 19.3 Å². The topological polar surface area (TPSA) is 32.3 Å². The molecule has 2 aliphatic rings. The van der Waals surface area contributed by atoms with Crippen molar-refractivity contribution >= 4 is 11.8 Å². The van der Waals surface area contributed by atoms with Gasteiger partial charge in [0, 0.05) is 17.3 Å². The summed E-state index contributed by atoms with van der Waals surface area (Å²) < 4.78 is 0.497. The summed E-state index contributed by atoms with van der Waals surface area (Å²) >= 11 is 2.00. The molecule has 0 aromatic heterocycles. The van der Waals surface area contributed by atoms with Gasteiger partial charge >= 0.3 is 0 Å². The third-order valence-electron chi connectivity index (χ3n) is 4.11. The monoisotopic (exact) mass is 229 g/mol. The molecule has 2 nitrogen and oxygen atoms in total. The first-order valence-electron chi connectivity index (χ1n) is 6.22. The van der Waals surface area contributed by atoms with E-state index in [1.54, 1.807) is 0 Å². The van der Waals surface area contributed by atoms with Gasteiger partial charge in [0.1, 0.15) is 0 Å². The standard InChI is InChI=1S/C12H23NOS/c1-15-12(7-4-8-12)9-13-10-5-2-3-6-11(10)14/h10-11,13-14H,2-9H2,1H3/t10-,11-/m1/s1. The molecule has 0 amide bonds. The third kappa shape index (κ3) is 2.69. The first-order valence-corrected chi connectivity index (χ1v) is 7.45. The summed E-state index contributed by atoms with van der Waals surface area (Å²) in [6.45, 7) is 1.09. The lowest BCUT2D eigenvalue weighted by atomic mass is 9.83. The Labute approximate surface area is 97.2 Å². The van der Waals surface area contributed by atoms with Crippen LogP contribution < -0.4 is 5.32 Å². The van der Waals surface area contributed by atoms with Gasteiger partial charge in [0.2, 0.25) is 0 Å². The summed E-state index contributed by atoms with van der Waals surface area (Å²) in [5.41, 5.74) is 0. The van der Waals surface area contributed by atoms with Gasteiger partial charge in [0.15, 0.2) is 0 Å². The van der Waals surface area contributed by atoms with Crippen LogP contribution in [0.5, 0.6) is 0 Å². The Morgan fingerprint density at radius 2 is 2.00 bits per heavy atom. The zero-order valence-corrected chi connectivity index (χ0v) is 10.5. The van der Waals surface area contributed by atoms with Crippen LogP contribution in [0.3, 0.4) is 0 Å². The number of nitrogens with one attached hydrogen (secondary N) is 1. The van der Waals surface area contributed by atoms with Gasteiger partial charge in [0.05, 0.1) is 6.10 Å². The van der Waals surface area contributed by atoms with Crippen LogP contribution in [0.4, 0.5) is 0 Å². The molecule has 2 rings (SSSR count). The van der Waals surface area contributed by atoms with Crippen molar-refractivity contribution in [2.75, 3.05) is 12.8 Å². The maximum atomic E-state index is 9.86. The van der Waals surface area contributed by atoms with Crippen molar-refractivity contribution in [1.29, 1.82) is 0 Å². The Bertz CT molecular complexity index is 200. The van der Waals surface area contributed by atoms with E-state index >= 15 is 0 Å². The summed E-state index contributed by atoms with van der Waals surface area (Å²) in [5.74, 6) is 0. The van der Waals surface area contributed by atoms with Crippen LogP contribution in [-0.2, 0) is 0 Å². The Morgan fingerprint density at radius 3 is 2.53 bits per heavy atom. The highest BCUT2D eigenvalue weighted by atomic mass is 32.2. The van der Waals surface area contributed by atoms with Gasteiger partial charge in [0.25, 0.3) is 0 Å². The normalized spacial score (nSPS) is 34.8. The molecule has 0 spiro atoms. The summed E-state index contributed by atoms with van der Waals surface area (Å²) in [5, 5.41) is 13.5. The number of hydrogen-bond acceptors (Lipinski definition) is 3. The van der Waals surface area contributed by atoms with Gasteiger partial charge < -0.3 is 10.4 Å². The van der Waals surface area contributed by atoms with E-state index in [2.05, 4.69) is 11.6 Å². The van der Waals surface area contributed by atoms with Gasteiger partial charge in [-0.3, -0.25) is 0 Å². The highest BCUT2D eigenvalue weighted by Gasteiger charge is 2.37. The molecule has 0 bridgehead atoms. The molecule has 0 unspecified atom stereocenters. The van der Waals surface area contributed by atoms with Crippen molar-refractivity contribution < 1.29 is 5.11 Å². The van der Waals surface area contributed by atoms with E-state index in [-0.39, 0.29) is 6.10 Å². The molecule has 0 aromatic carbocycles. The SMILES string of the molecule is CSC1(CN[C@@H]2CCCC[C@H]2O)CCC1. The van der Waals surface area contributed by atoms with Crippen LogP contribution in [0.25, 0.3) is 0 Å². The number of thioether (sulfide) groups is 1. The zero-order chi connectivity index (χ0) is 10.7. The van der Waals surface area contributed by atoms with Gasteiger partial charge in [-0.2, -0.15) is 11.8 Å². The van der Waals surface area contributed by atoms with Crippen molar-refractivity contribution in [3.05, 3.63) is 0 Å². The van der Waals surface area contributed by atoms with Crippen LogP contribution >= 0.6 is 11.8 Å². The highest BCUT2D eigenvalue weighted by molar-refractivity contribution is 8.00. The molecule has 3 heteroatoms. The molecule has 2 aliphatic carbocycles. The molecule has 0 aromatic rings. The number of rotatable bonds is 4. The summed E-state index contributed by atoms with van der Waals surface area (Å²) in [4.78, 5) is 0. The average Bonchev–Trinajstić information content (AvgIpc) is 2.19. The number of aliphatic hydroxyl groups excluding tert-OH is 1. The minimum Gasteiger partial charge on any atom is -0.392 e. The molecule has 0 saturated heterocycles. The van der Waals surface area contributed by atoms with Crippen LogP contribution in [0, 0.1) is 0 Å². The minimum atomic E-state index is -0.0993. The third-order valence-corrected chi connectivity index (χ3v) is 5.53. The molecular formula is C12H23NOS. The van der Waals surface area contributed by atoms with E-state index < -0.39 is 0 Å². The van der Waals surface area contributed by atoms with E-state index in [4.69, 9.17) is 0 Å². The highest BCUT2D eigenvalue weighted by Crippen LogP contribution is 2.42. The predicted molar refractivity (Wildman–Crippen MR) is 66.4 cm³/mol. The predicted octanol–water partition coefficient (Wildman–Crippen LogP) is 2.17. The second kappa shape index (κ2) is 5.07. The van der Waals surface area contributed by atoms with Crippen molar-refractivity contribution in [1.82, 2.24) is 5.32 Å². The maximum absolute atomic E-state index is 9.86. The van der Waals surface area contributed by atoms with E-state index in [1.807, 2.05) is 11.8 Å². The molecule has 0 aliphatic heterocycles. The lowest BCUT2D eigenvalue weighted by Gasteiger charge is -2.42. The van der Waals surface area contributed by atoms with E-state index in [9.17, 15) is 5.11 Å². The van der Waals surface area contributed by atoms with Crippen LogP contribution in [0.1, 0.15) is 44.9 Å². The van der Waals surface area contributed by atoms with Gasteiger partial charge in [-0.05, 0) is 31.9 Å². The maximum Gasteiger partial charge on any atom is 0.0693 e. The fourth-order valence-corrected chi connectivity index (χ4v) is 3.62. The Balaban J connectivity index is 1.76. The molecule has 2 N–H and O–H groups in total. The van der Waals surface area contributed by atoms with Crippen LogP contribution in [0.15, 0.2) is 0 Å². The quantitative estimate of drug-likeness (QED) is 0.775. The van der Waals surface area contributed by atoms with Gasteiger partial charge in [-0.25, -0.2) is 0 Å². The average molecular weight is 229 g/mol. The van der Waals surface area contributed by atoms with E-state index in [0.717, 1.165) is 19.4 Å². The fourth-order valence-electron chi connectivity index (χ4n) is 2.69. The van der Waals surface area contributed by atoms with Crippen molar-refractivity contribution in [2.45, 2.75) is 61.8 Å². The van der Waals surface area contributed by atoms with E-state index in [0.29, 0.717) is 10.8 Å². The molecule has 2 fully saturated rings. The Morgan fingerprint density at radius 1 is 1.27 bits per heavy atom. The first kappa shape index (κ1) is 11.7. The largest absolute Gasteiger partial charge is 0.392 e. The molecule has 2 saturated carbocycles. The number of hydrogen-bond donors (Lipinski definition) is 2. The number of aliphatic hydroxyl groups is 1. The minimum absolute atomic E-state index is 0.0993. The summed E-state index contributed by atoms with van der Waals surface area (Å²) in [7, 11) is 0.